The molecule has 11 heteroatoms. The SMILES string of the molecule is CC(C(=O)NC(Cc1ccc(I)cc1)C(=O)N1C[Si](C)(C)CC1C(=O)N[C@@H]1CCCc2ccccc21)N(C)C(=O)O. The molecule has 4 rings (SSSR count). The lowest BCUT2D eigenvalue weighted by molar-refractivity contribution is -0.141. The molecule has 1 fully saturated rings. The van der Waals surface area contributed by atoms with Gasteiger partial charge in [-0.1, -0.05) is 49.5 Å². The van der Waals surface area contributed by atoms with Crippen molar-refractivity contribution in [3.63, 3.8) is 0 Å². The summed E-state index contributed by atoms with van der Waals surface area (Å²) >= 11 is 2.21. The Morgan fingerprint density at radius 1 is 1.12 bits per heavy atom. The zero-order valence-corrected chi connectivity index (χ0v) is 27.2. The number of nitrogens with one attached hydrogen (secondary N) is 2. The van der Waals surface area contributed by atoms with E-state index < -0.39 is 38.2 Å². The highest BCUT2D eigenvalue weighted by Crippen LogP contribution is 2.32. The van der Waals surface area contributed by atoms with E-state index in [1.54, 1.807) is 4.90 Å². The van der Waals surface area contributed by atoms with Gasteiger partial charge in [-0.25, -0.2) is 4.79 Å². The average molecular weight is 691 g/mol. The first-order valence-electron chi connectivity index (χ1n) is 14.1. The van der Waals surface area contributed by atoms with Crippen LogP contribution in [0.2, 0.25) is 19.1 Å². The van der Waals surface area contributed by atoms with Crippen molar-refractivity contribution in [2.45, 2.75) is 75.9 Å². The predicted molar refractivity (Wildman–Crippen MR) is 168 cm³/mol. The number of amides is 4. The van der Waals surface area contributed by atoms with Gasteiger partial charge in [-0.15, -0.1) is 0 Å². The molecule has 0 aromatic heterocycles. The van der Waals surface area contributed by atoms with Gasteiger partial charge >= 0.3 is 6.09 Å². The molecule has 0 spiro atoms. The molecule has 0 saturated carbocycles. The summed E-state index contributed by atoms with van der Waals surface area (Å²) < 4.78 is 1.04. The zero-order valence-electron chi connectivity index (χ0n) is 24.0. The van der Waals surface area contributed by atoms with Crippen LogP contribution in [0.4, 0.5) is 4.79 Å². The molecule has 3 unspecified atom stereocenters. The van der Waals surface area contributed by atoms with Crippen LogP contribution in [-0.2, 0) is 27.2 Å². The Morgan fingerprint density at radius 3 is 2.49 bits per heavy atom. The van der Waals surface area contributed by atoms with Gasteiger partial charge in [0.15, 0.2) is 0 Å². The summed E-state index contributed by atoms with van der Waals surface area (Å²) in [7, 11) is -0.604. The number of nitrogens with zero attached hydrogens (tertiary/aromatic N) is 2. The summed E-state index contributed by atoms with van der Waals surface area (Å²) in [6, 6.07) is 13.9. The highest BCUT2D eigenvalue weighted by atomic mass is 127. The van der Waals surface area contributed by atoms with E-state index in [9.17, 15) is 24.3 Å². The second kappa shape index (κ2) is 12.9. The van der Waals surface area contributed by atoms with E-state index in [1.165, 1.54) is 19.5 Å². The third kappa shape index (κ3) is 7.48. The second-order valence-corrected chi connectivity index (χ2v) is 18.3. The summed E-state index contributed by atoms with van der Waals surface area (Å²) in [6.07, 6.45) is 2.34. The first kappa shape index (κ1) is 31.0. The topological polar surface area (TPSA) is 119 Å². The summed E-state index contributed by atoms with van der Waals surface area (Å²) in [4.78, 5) is 55.1. The Bertz CT molecular complexity index is 1300. The molecule has 2 aromatic rings. The first-order valence-corrected chi connectivity index (χ1v) is 18.5. The fraction of sp³-hybridized carbons (Fsp3) is 0.467. The Morgan fingerprint density at radius 2 is 1.80 bits per heavy atom. The number of halogens is 1. The summed E-state index contributed by atoms with van der Waals surface area (Å²) in [5.41, 5.74) is 3.25. The molecular formula is C30H39IN4O5Si. The minimum atomic E-state index is -1.92. The predicted octanol–water partition coefficient (Wildman–Crippen LogP) is 3.97. The van der Waals surface area contributed by atoms with Gasteiger partial charge in [0, 0.05) is 23.2 Å². The van der Waals surface area contributed by atoms with Crippen LogP contribution in [0.1, 0.15) is 42.5 Å². The van der Waals surface area contributed by atoms with Crippen molar-refractivity contribution in [3.05, 3.63) is 68.8 Å². The van der Waals surface area contributed by atoms with Crippen LogP contribution in [0, 0.1) is 3.57 Å². The maximum Gasteiger partial charge on any atom is 0.407 e. The number of rotatable bonds is 8. The lowest BCUT2D eigenvalue weighted by Crippen LogP contribution is -2.57. The van der Waals surface area contributed by atoms with Gasteiger partial charge in [-0.2, -0.15) is 0 Å². The standard InChI is InChI=1S/C30H39IN4O5Si/c1-19(34(2)30(39)40)27(36)33-25(16-20-12-14-22(31)15-13-20)29(38)35-18-41(3,4)17-26(35)28(37)32-24-11-7-9-21-8-5-6-10-23(21)24/h5-6,8,10,12-15,19,24-26H,7,9,11,16-18H2,1-4H3,(H,32,37)(H,33,36)(H,39,40)/t19?,24-,25?,26?/m1/s1. The molecule has 2 aromatic carbocycles. The van der Waals surface area contributed by atoms with Gasteiger partial charge in [-0.3, -0.25) is 19.3 Å². The quantitative estimate of drug-likeness (QED) is 0.286. The molecule has 220 valence electrons. The van der Waals surface area contributed by atoms with Gasteiger partial charge in [0.2, 0.25) is 17.7 Å². The minimum Gasteiger partial charge on any atom is -0.465 e. The van der Waals surface area contributed by atoms with Gasteiger partial charge in [0.25, 0.3) is 0 Å². The molecule has 3 N–H and O–H groups in total. The van der Waals surface area contributed by atoms with Gasteiger partial charge in [-0.05, 0) is 83.6 Å². The third-order valence-electron chi connectivity index (χ3n) is 8.22. The number of benzene rings is 2. The monoisotopic (exact) mass is 690 g/mol. The van der Waals surface area contributed by atoms with Crippen LogP contribution in [-0.4, -0.2) is 78.1 Å². The Balaban J connectivity index is 1.58. The largest absolute Gasteiger partial charge is 0.465 e. The maximum atomic E-state index is 14.2. The molecule has 0 bridgehead atoms. The Kier molecular flexibility index (Phi) is 9.78. The van der Waals surface area contributed by atoms with Crippen molar-refractivity contribution in [2.75, 3.05) is 13.2 Å². The molecule has 9 nitrogen and oxygen atoms in total. The molecule has 1 saturated heterocycles. The minimum absolute atomic E-state index is 0.0931. The van der Waals surface area contributed by atoms with Gasteiger partial charge < -0.3 is 20.6 Å². The van der Waals surface area contributed by atoms with Crippen molar-refractivity contribution >= 4 is 54.5 Å². The average Bonchev–Trinajstić information content (AvgIpc) is 3.28. The molecule has 2 aliphatic rings. The van der Waals surface area contributed by atoms with Crippen molar-refractivity contribution < 1.29 is 24.3 Å². The lowest BCUT2D eigenvalue weighted by atomic mass is 9.87. The Hall–Kier alpha value is -2.93. The van der Waals surface area contributed by atoms with Crippen LogP contribution in [0.3, 0.4) is 0 Å². The first-order chi connectivity index (χ1) is 19.4. The van der Waals surface area contributed by atoms with Crippen LogP contribution >= 0.6 is 22.6 Å². The summed E-state index contributed by atoms with van der Waals surface area (Å²) in [6.45, 7) is 5.83. The second-order valence-electron chi connectivity index (χ2n) is 12.0. The lowest BCUT2D eigenvalue weighted by Gasteiger charge is -2.32. The van der Waals surface area contributed by atoms with Crippen LogP contribution in [0.15, 0.2) is 48.5 Å². The van der Waals surface area contributed by atoms with E-state index >= 15 is 0 Å². The Labute approximate surface area is 256 Å². The highest BCUT2D eigenvalue weighted by Gasteiger charge is 2.47. The smallest absolute Gasteiger partial charge is 0.407 e. The van der Waals surface area contributed by atoms with E-state index in [2.05, 4.69) is 58.5 Å². The number of hydrogen-bond acceptors (Lipinski definition) is 4. The molecule has 1 heterocycles. The number of aryl methyl sites for hydroxylation is 1. The molecular weight excluding hydrogens is 651 g/mol. The van der Waals surface area contributed by atoms with E-state index in [1.807, 2.05) is 36.4 Å². The third-order valence-corrected chi connectivity index (χ3v) is 11.6. The molecule has 1 aliphatic heterocycles. The van der Waals surface area contributed by atoms with E-state index in [0.717, 1.165) is 38.9 Å². The molecule has 4 atom stereocenters. The van der Waals surface area contributed by atoms with Gasteiger partial charge in [0.05, 0.1) is 14.1 Å². The number of fused-ring (bicyclic) bond motifs is 1. The normalized spacial score (nSPS) is 20.9. The molecule has 0 radical (unpaired) electrons. The van der Waals surface area contributed by atoms with Gasteiger partial charge in [0.1, 0.15) is 18.1 Å². The number of likely N-dealkylation sites (N-methyl/N-ethyl adjacent to an activating group) is 1. The van der Waals surface area contributed by atoms with E-state index in [-0.39, 0.29) is 24.3 Å². The van der Waals surface area contributed by atoms with Crippen LogP contribution < -0.4 is 10.6 Å². The summed E-state index contributed by atoms with van der Waals surface area (Å²) in [5, 5.41) is 15.4. The van der Waals surface area contributed by atoms with E-state index in [4.69, 9.17) is 0 Å². The van der Waals surface area contributed by atoms with Crippen molar-refractivity contribution in [3.8, 4) is 0 Å². The van der Waals surface area contributed by atoms with Crippen molar-refractivity contribution in [2.24, 2.45) is 0 Å². The molecule has 41 heavy (non-hydrogen) atoms. The fourth-order valence-corrected chi connectivity index (χ4v) is 9.04. The van der Waals surface area contributed by atoms with Crippen LogP contribution in [0.25, 0.3) is 0 Å². The number of carboxylic acid groups (broad SMARTS) is 1. The number of hydrogen-bond donors (Lipinski definition) is 3. The van der Waals surface area contributed by atoms with Crippen LogP contribution in [0.5, 0.6) is 0 Å². The molecule has 4 amide bonds. The van der Waals surface area contributed by atoms with Crippen molar-refractivity contribution in [1.82, 2.24) is 20.4 Å². The summed E-state index contributed by atoms with van der Waals surface area (Å²) in [5.74, 6) is -1.03. The fourth-order valence-electron chi connectivity index (χ4n) is 5.80. The highest BCUT2D eigenvalue weighted by molar-refractivity contribution is 14.1. The molecule has 1 aliphatic carbocycles. The number of carbonyl (C=O) groups excluding carboxylic acids is 3. The van der Waals surface area contributed by atoms with E-state index in [0.29, 0.717) is 12.2 Å². The van der Waals surface area contributed by atoms with Crippen molar-refractivity contribution in [1.29, 1.82) is 0 Å². The maximum absolute atomic E-state index is 14.2. The zero-order chi connectivity index (χ0) is 29.9. The number of carbonyl (C=O) groups is 4.